The fourth-order valence-electron chi connectivity index (χ4n) is 2.55. The van der Waals surface area contributed by atoms with E-state index in [2.05, 4.69) is 31.4 Å². The van der Waals surface area contributed by atoms with Crippen molar-refractivity contribution in [2.75, 3.05) is 7.11 Å². The van der Waals surface area contributed by atoms with Crippen LogP contribution in [0.15, 0.2) is 52.0 Å². The zero-order chi connectivity index (χ0) is 20.1. The van der Waals surface area contributed by atoms with Crippen LogP contribution in [0.25, 0.3) is 0 Å². The molecule has 2 aromatic carbocycles. The van der Waals surface area contributed by atoms with E-state index >= 15 is 0 Å². The summed E-state index contributed by atoms with van der Waals surface area (Å²) in [7, 11) is 1.46. The number of ether oxygens (including phenoxy) is 1. The SMILES string of the molecule is COc1cc(C=NNC(=O)c2sc(Cc3ccccc3)nc2C)cc(Br)c1O. The molecule has 1 heterocycles. The summed E-state index contributed by atoms with van der Waals surface area (Å²) in [5, 5.41) is 14.7. The lowest BCUT2D eigenvalue weighted by molar-refractivity contribution is 0.0958. The number of hydrogen-bond donors (Lipinski definition) is 2. The Morgan fingerprint density at radius 3 is 2.82 bits per heavy atom. The molecule has 144 valence electrons. The number of hydrogen-bond acceptors (Lipinski definition) is 6. The van der Waals surface area contributed by atoms with Gasteiger partial charge in [0.1, 0.15) is 4.88 Å². The maximum Gasteiger partial charge on any atom is 0.283 e. The number of thiazole rings is 1. The van der Waals surface area contributed by atoms with Gasteiger partial charge in [-0.1, -0.05) is 30.3 Å². The molecule has 0 spiro atoms. The minimum Gasteiger partial charge on any atom is -0.503 e. The van der Waals surface area contributed by atoms with Crippen molar-refractivity contribution in [1.82, 2.24) is 10.4 Å². The molecule has 0 aliphatic heterocycles. The average molecular weight is 460 g/mol. The van der Waals surface area contributed by atoms with Crippen molar-refractivity contribution in [3.8, 4) is 11.5 Å². The Labute approximate surface area is 175 Å². The molecule has 0 radical (unpaired) electrons. The van der Waals surface area contributed by atoms with Crippen LogP contribution >= 0.6 is 27.3 Å². The molecule has 0 unspecified atom stereocenters. The summed E-state index contributed by atoms with van der Waals surface area (Å²) in [5.41, 5.74) is 5.00. The molecule has 6 nitrogen and oxygen atoms in total. The lowest BCUT2D eigenvalue weighted by atomic mass is 10.2. The van der Waals surface area contributed by atoms with Crippen LogP contribution in [0.5, 0.6) is 11.5 Å². The standard InChI is InChI=1S/C20H18BrN3O3S/c1-12-19(28-17(23-12)10-13-6-4-3-5-7-13)20(26)24-22-11-14-8-15(21)18(25)16(9-14)27-2/h3-9,11,25H,10H2,1-2H3,(H,24,26). The molecule has 0 atom stereocenters. The van der Waals surface area contributed by atoms with Crippen LogP contribution in [0.3, 0.4) is 0 Å². The van der Waals surface area contributed by atoms with E-state index < -0.39 is 0 Å². The first-order valence-corrected chi connectivity index (χ1v) is 9.99. The number of phenols is 1. The van der Waals surface area contributed by atoms with Crippen LogP contribution in [-0.2, 0) is 6.42 Å². The third kappa shape index (κ3) is 4.76. The highest BCUT2D eigenvalue weighted by atomic mass is 79.9. The first-order chi connectivity index (χ1) is 13.5. The van der Waals surface area contributed by atoms with Gasteiger partial charge >= 0.3 is 0 Å². The molecule has 1 aromatic heterocycles. The van der Waals surface area contributed by atoms with Crippen molar-refractivity contribution in [2.45, 2.75) is 13.3 Å². The number of aryl methyl sites for hydroxylation is 1. The minimum atomic E-state index is -0.310. The predicted octanol–water partition coefficient (Wildman–Crippen LogP) is 4.28. The molecule has 0 fully saturated rings. The van der Waals surface area contributed by atoms with Gasteiger partial charge in [-0.15, -0.1) is 11.3 Å². The number of nitrogens with one attached hydrogen (secondary N) is 1. The average Bonchev–Trinajstić information content (AvgIpc) is 3.05. The number of amides is 1. The maximum absolute atomic E-state index is 12.4. The number of halogens is 1. The second-order valence-electron chi connectivity index (χ2n) is 5.94. The van der Waals surface area contributed by atoms with E-state index in [0.717, 1.165) is 10.6 Å². The van der Waals surface area contributed by atoms with E-state index in [1.807, 2.05) is 37.3 Å². The molecular weight excluding hydrogens is 442 g/mol. The van der Waals surface area contributed by atoms with Gasteiger partial charge < -0.3 is 9.84 Å². The maximum atomic E-state index is 12.4. The summed E-state index contributed by atoms with van der Waals surface area (Å²) >= 11 is 4.61. The molecule has 1 amide bonds. The van der Waals surface area contributed by atoms with E-state index in [-0.39, 0.29) is 11.7 Å². The molecule has 0 saturated carbocycles. The summed E-state index contributed by atoms with van der Waals surface area (Å²) in [6.45, 7) is 1.81. The Morgan fingerprint density at radius 1 is 1.36 bits per heavy atom. The fraction of sp³-hybridized carbons (Fsp3) is 0.150. The number of carbonyl (C=O) groups excluding carboxylic acids is 1. The Balaban J connectivity index is 1.68. The van der Waals surface area contributed by atoms with Crippen LogP contribution in [0.4, 0.5) is 0 Å². The lowest BCUT2D eigenvalue weighted by Crippen LogP contribution is -2.17. The van der Waals surface area contributed by atoms with E-state index in [9.17, 15) is 9.90 Å². The number of phenolic OH excluding ortho intramolecular Hbond substituents is 1. The quantitative estimate of drug-likeness (QED) is 0.425. The van der Waals surface area contributed by atoms with E-state index in [0.29, 0.717) is 32.8 Å². The summed E-state index contributed by atoms with van der Waals surface area (Å²) in [4.78, 5) is 17.5. The van der Waals surface area contributed by atoms with Crippen LogP contribution < -0.4 is 10.2 Å². The second-order valence-corrected chi connectivity index (χ2v) is 7.88. The molecule has 3 rings (SSSR count). The molecule has 8 heteroatoms. The summed E-state index contributed by atoms with van der Waals surface area (Å²) in [6, 6.07) is 13.3. The highest BCUT2D eigenvalue weighted by Gasteiger charge is 2.15. The molecule has 0 aliphatic rings. The summed E-state index contributed by atoms with van der Waals surface area (Å²) in [5.74, 6) is 0.0105. The van der Waals surface area contributed by atoms with Gasteiger partial charge in [0, 0.05) is 6.42 Å². The van der Waals surface area contributed by atoms with Gasteiger partial charge in [-0.3, -0.25) is 4.79 Å². The molecule has 0 aliphatic carbocycles. The Hall–Kier alpha value is -2.71. The number of aromatic hydroxyl groups is 1. The Morgan fingerprint density at radius 2 is 2.11 bits per heavy atom. The van der Waals surface area contributed by atoms with Gasteiger partial charge in [-0.2, -0.15) is 5.10 Å². The van der Waals surface area contributed by atoms with E-state index in [4.69, 9.17) is 4.74 Å². The number of rotatable bonds is 6. The highest BCUT2D eigenvalue weighted by Crippen LogP contribution is 2.34. The molecular formula is C20H18BrN3O3S. The normalized spacial score (nSPS) is 11.0. The first kappa shape index (κ1) is 20.0. The Bertz CT molecular complexity index is 1020. The summed E-state index contributed by atoms with van der Waals surface area (Å²) in [6.07, 6.45) is 2.16. The largest absolute Gasteiger partial charge is 0.503 e. The number of methoxy groups -OCH3 is 1. The number of carbonyl (C=O) groups is 1. The molecule has 2 N–H and O–H groups in total. The van der Waals surface area contributed by atoms with Crippen molar-refractivity contribution in [1.29, 1.82) is 0 Å². The molecule has 3 aromatic rings. The van der Waals surface area contributed by atoms with Crippen LogP contribution in [0.2, 0.25) is 0 Å². The summed E-state index contributed by atoms with van der Waals surface area (Å²) < 4.78 is 5.57. The van der Waals surface area contributed by atoms with Crippen molar-refractivity contribution < 1.29 is 14.6 Å². The highest BCUT2D eigenvalue weighted by molar-refractivity contribution is 9.10. The molecule has 28 heavy (non-hydrogen) atoms. The Kier molecular flexibility index (Phi) is 6.43. The van der Waals surface area contributed by atoms with Gasteiger partial charge in [0.2, 0.25) is 0 Å². The lowest BCUT2D eigenvalue weighted by Gasteiger charge is -2.06. The van der Waals surface area contributed by atoms with E-state index in [1.165, 1.54) is 24.7 Å². The second kappa shape index (κ2) is 8.99. The fourth-order valence-corrected chi connectivity index (χ4v) is 4.00. The van der Waals surface area contributed by atoms with Gasteiger partial charge in [-0.25, -0.2) is 10.4 Å². The topological polar surface area (TPSA) is 83.8 Å². The zero-order valence-corrected chi connectivity index (χ0v) is 17.7. The van der Waals surface area contributed by atoms with Crippen molar-refractivity contribution >= 4 is 39.4 Å². The first-order valence-electron chi connectivity index (χ1n) is 8.38. The van der Waals surface area contributed by atoms with Gasteiger partial charge in [0.15, 0.2) is 11.5 Å². The zero-order valence-electron chi connectivity index (χ0n) is 15.3. The van der Waals surface area contributed by atoms with Crippen LogP contribution in [0, 0.1) is 6.92 Å². The number of nitrogens with zero attached hydrogens (tertiary/aromatic N) is 2. The van der Waals surface area contributed by atoms with Crippen molar-refractivity contribution in [3.63, 3.8) is 0 Å². The third-order valence-electron chi connectivity index (χ3n) is 3.90. The van der Waals surface area contributed by atoms with Crippen LogP contribution in [0.1, 0.15) is 31.5 Å². The smallest absolute Gasteiger partial charge is 0.283 e. The number of benzene rings is 2. The predicted molar refractivity (Wildman–Crippen MR) is 114 cm³/mol. The minimum absolute atomic E-state index is 0.00918. The van der Waals surface area contributed by atoms with Gasteiger partial charge in [0.05, 0.1) is 28.5 Å². The number of aromatic nitrogens is 1. The molecule has 0 saturated heterocycles. The third-order valence-corrected chi connectivity index (χ3v) is 5.66. The van der Waals surface area contributed by atoms with E-state index in [1.54, 1.807) is 12.1 Å². The van der Waals surface area contributed by atoms with Gasteiger partial charge in [0.25, 0.3) is 5.91 Å². The van der Waals surface area contributed by atoms with Crippen LogP contribution in [-0.4, -0.2) is 29.3 Å². The molecule has 0 bridgehead atoms. The van der Waals surface area contributed by atoms with Crippen molar-refractivity contribution in [3.05, 3.63) is 73.6 Å². The van der Waals surface area contributed by atoms with Crippen molar-refractivity contribution in [2.24, 2.45) is 5.10 Å². The monoisotopic (exact) mass is 459 g/mol. The number of hydrazone groups is 1. The van der Waals surface area contributed by atoms with Gasteiger partial charge in [-0.05, 0) is 46.1 Å².